The molecule has 1 amide bonds. The summed E-state index contributed by atoms with van der Waals surface area (Å²) in [7, 11) is 0. The summed E-state index contributed by atoms with van der Waals surface area (Å²) in [6, 6.07) is 14.4. The second-order valence-electron chi connectivity index (χ2n) is 5.66. The molecular formula is C19H21NO4. The number of carbonyl (C=O) groups is 2. The van der Waals surface area contributed by atoms with Crippen LogP contribution in [-0.2, 0) is 16.1 Å². The van der Waals surface area contributed by atoms with E-state index in [-0.39, 0.29) is 13.0 Å². The Morgan fingerprint density at radius 3 is 2.25 bits per heavy atom. The predicted molar refractivity (Wildman–Crippen MR) is 90.7 cm³/mol. The van der Waals surface area contributed by atoms with Crippen molar-refractivity contribution in [3.63, 3.8) is 0 Å². The number of aliphatic carboxylic acids is 1. The number of ether oxygens (including phenoxy) is 1. The molecule has 2 aromatic carbocycles. The molecule has 2 rings (SSSR count). The van der Waals surface area contributed by atoms with Crippen LogP contribution in [0.5, 0.6) is 0 Å². The summed E-state index contributed by atoms with van der Waals surface area (Å²) in [4.78, 5) is 23.3. The number of amides is 1. The van der Waals surface area contributed by atoms with Crippen LogP contribution in [0.2, 0.25) is 0 Å². The van der Waals surface area contributed by atoms with Crippen LogP contribution < -0.4 is 5.32 Å². The first-order valence-corrected chi connectivity index (χ1v) is 7.72. The number of carboxylic acids is 1. The van der Waals surface area contributed by atoms with Crippen molar-refractivity contribution < 1.29 is 19.4 Å². The molecule has 24 heavy (non-hydrogen) atoms. The van der Waals surface area contributed by atoms with Gasteiger partial charge in [0.2, 0.25) is 0 Å². The molecule has 0 aromatic heterocycles. The zero-order valence-electron chi connectivity index (χ0n) is 13.8. The Bertz CT molecular complexity index is 692. The van der Waals surface area contributed by atoms with Crippen molar-refractivity contribution in [1.29, 1.82) is 0 Å². The fourth-order valence-corrected chi connectivity index (χ4v) is 2.68. The van der Waals surface area contributed by atoms with E-state index in [0.29, 0.717) is 0 Å². The highest BCUT2D eigenvalue weighted by molar-refractivity contribution is 5.72. The molecule has 0 bridgehead atoms. The number of hydrogen-bond donors (Lipinski definition) is 2. The smallest absolute Gasteiger partial charge is 0.407 e. The number of carboxylic acid groups (broad SMARTS) is 1. The average molecular weight is 327 g/mol. The van der Waals surface area contributed by atoms with Crippen molar-refractivity contribution in [1.82, 2.24) is 5.32 Å². The highest BCUT2D eigenvalue weighted by Gasteiger charge is 2.22. The molecule has 2 aromatic rings. The Hall–Kier alpha value is -2.82. The molecule has 0 aliphatic heterocycles. The third kappa shape index (κ3) is 4.84. The largest absolute Gasteiger partial charge is 0.481 e. The zero-order valence-corrected chi connectivity index (χ0v) is 13.8. The highest BCUT2D eigenvalue weighted by atomic mass is 16.5. The first-order valence-electron chi connectivity index (χ1n) is 7.72. The molecule has 0 heterocycles. The predicted octanol–water partition coefficient (Wildman–Crippen LogP) is 3.75. The van der Waals surface area contributed by atoms with Crippen molar-refractivity contribution in [2.24, 2.45) is 0 Å². The lowest BCUT2D eigenvalue weighted by molar-refractivity contribution is -0.137. The Kier molecular flexibility index (Phi) is 5.95. The SMILES string of the molecule is Cc1cccc(C)c1C(CC(=O)O)NC(=O)OCc1ccccc1. The number of benzene rings is 2. The van der Waals surface area contributed by atoms with E-state index < -0.39 is 18.1 Å². The summed E-state index contributed by atoms with van der Waals surface area (Å²) in [6.45, 7) is 3.93. The molecular weight excluding hydrogens is 306 g/mol. The normalized spacial score (nSPS) is 11.6. The lowest BCUT2D eigenvalue weighted by Crippen LogP contribution is -2.31. The van der Waals surface area contributed by atoms with Gasteiger partial charge in [-0.05, 0) is 36.1 Å². The van der Waals surface area contributed by atoms with E-state index in [1.165, 1.54) is 0 Å². The number of aryl methyl sites for hydroxylation is 2. The van der Waals surface area contributed by atoms with E-state index >= 15 is 0 Å². The van der Waals surface area contributed by atoms with Crippen LogP contribution in [0.15, 0.2) is 48.5 Å². The van der Waals surface area contributed by atoms with Crippen LogP contribution in [0.4, 0.5) is 4.79 Å². The van der Waals surface area contributed by atoms with Gasteiger partial charge in [0.05, 0.1) is 12.5 Å². The molecule has 5 heteroatoms. The number of rotatable bonds is 6. The van der Waals surface area contributed by atoms with E-state index in [9.17, 15) is 9.59 Å². The maximum Gasteiger partial charge on any atom is 0.407 e. The molecule has 0 saturated heterocycles. The molecule has 0 aliphatic carbocycles. The monoisotopic (exact) mass is 327 g/mol. The van der Waals surface area contributed by atoms with Gasteiger partial charge in [-0.1, -0.05) is 48.5 Å². The quantitative estimate of drug-likeness (QED) is 0.847. The lowest BCUT2D eigenvalue weighted by atomic mass is 9.94. The van der Waals surface area contributed by atoms with Gasteiger partial charge in [-0.3, -0.25) is 4.79 Å². The van der Waals surface area contributed by atoms with Gasteiger partial charge in [-0.15, -0.1) is 0 Å². The summed E-state index contributed by atoms with van der Waals surface area (Å²) < 4.78 is 5.20. The van der Waals surface area contributed by atoms with Crippen LogP contribution in [-0.4, -0.2) is 17.2 Å². The summed E-state index contributed by atoms with van der Waals surface area (Å²) in [5.74, 6) is -0.981. The molecule has 0 saturated carbocycles. The van der Waals surface area contributed by atoms with E-state index in [0.717, 1.165) is 22.3 Å². The summed E-state index contributed by atoms with van der Waals surface area (Å²) in [5.41, 5.74) is 3.56. The van der Waals surface area contributed by atoms with Gasteiger partial charge in [0.15, 0.2) is 0 Å². The van der Waals surface area contributed by atoms with Crippen LogP contribution in [0.25, 0.3) is 0 Å². The minimum absolute atomic E-state index is 0.138. The van der Waals surface area contributed by atoms with Crippen molar-refractivity contribution >= 4 is 12.1 Å². The third-order valence-corrected chi connectivity index (χ3v) is 3.77. The number of nitrogens with one attached hydrogen (secondary N) is 1. The third-order valence-electron chi connectivity index (χ3n) is 3.77. The van der Waals surface area contributed by atoms with E-state index in [1.807, 2.05) is 62.4 Å². The van der Waals surface area contributed by atoms with Crippen LogP contribution in [0.3, 0.4) is 0 Å². The molecule has 0 spiro atoms. The number of hydrogen-bond acceptors (Lipinski definition) is 3. The van der Waals surface area contributed by atoms with Gasteiger partial charge in [0.1, 0.15) is 6.61 Å². The highest BCUT2D eigenvalue weighted by Crippen LogP contribution is 2.24. The summed E-state index contributed by atoms with van der Waals surface area (Å²) in [6.07, 6.45) is -0.834. The molecule has 5 nitrogen and oxygen atoms in total. The Morgan fingerprint density at radius 1 is 1.04 bits per heavy atom. The van der Waals surface area contributed by atoms with Gasteiger partial charge < -0.3 is 15.2 Å². The standard InChI is InChI=1S/C19H21NO4/c1-13-7-6-8-14(2)18(13)16(11-17(21)22)20-19(23)24-12-15-9-4-3-5-10-15/h3-10,16H,11-12H2,1-2H3,(H,20,23)(H,21,22). The summed E-state index contributed by atoms with van der Waals surface area (Å²) >= 11 is 0. The average Bonchev–Trinajstić information content (AvgIpc) is 2.53. The van der Waals surface area contributed by atoms with Crippen LogP contribution in [0.1, 0.15) is 34.7 Å². The molecule has 2 N–H and O–H groups in total. The van der Waals surface area contributed by atoms with Crippen molar-refractivity contribution in [3.8, 4) is 0 Å². The first kappa shape index (κ1) is 17.5. The maximum absolute atomic E-state index is 12.1. The fraction of sp³-hybridized carbons (Fsp3) is 0.263. The van der Waals surface area contributed by atoms with Crippen molar-refractivity contribution in [2.75, 3.05) is 0 Å². The Labute approximate surface area is 141 Å². The second kappa shape index (κ2) is 8.15. The molecule has 1 atom stereocenters. The Balaban J connectivity index is 2.08. The van der Waals surface area contributed by atoms with Gasteiger partial charge in [-0.25, -0.2) is 4.79 Å². The maximum atomic E-state index is 12.1. The van der Waals surface area contributed by atoms with E-state index in [1.54, 1.807) is 0 Å². The molecule has 126 valence electrons. The minimum atomic E-state index is -0.981. The first-order chi connectivity index (χ1) is 11.5. The van der Waals surface area contributed by atoms with Crippen LogP contribution >= 0.6 is 0 Å². The van der Waals surface area contributed by atoms with Gasteiger partial charge in [-0.2, -0.15) is 0 Å². The summed E-state index contributed by atoms with van der Waals surface area (Å²) in [5, 5.41) is 11.8. The minimum Gasteiger partial charge on any atom is -0.481 e. The number of carbonyl (C=O) groups excluding carboxylic acids is 1. The zero-order chi connectivity index (χ0) is 17.5. The van der Waals surface area contributed by atoms with Crippen molar-refractivity contribution in [3.05, 3.63) is 70.8 Å². The van der Waals surface area contributed by atoms with Crippen molar-refractivity contribution in [2.45, 2.75) is 32.9 Å². The van der Waals surface area contributed by atoms with E-state index in [4.69, 9.17) is 9.84 Å². The van der Waals surface area contributed by atoms with Crippen LogP contribution in [0, 0.1) is 13.8 Å². The second-order valence-corrected chi connectivity index (χ2v) is 5.66. The molecule has 0 radical (unpaired) electrons. The fourth-order valence-electron chi connectivity index (χ4n) is 2.68. The number of alkyl carbamates (subject to hydrolysis) is 1. The Morgan fingerprint density at radius 2 is 1.67 bits per heavy atom. The molecule has 0 fully saturated rings. The molecule has 1 unspecified atom stereocenters. The van der Waals surface area contributed by atoms with Gasteiger partial charge >= 0.3 is 12.1 Å². The van der Waals surface area contributed by atoms with Gasteiger partial charge in [0, 0.05) is 0 Å². The molecule has 0 aliphatic rings. The topological polar surface area (TPSA) is 75.6 Å². The van der Waals surface area contributed by atoms with Gasteiger partial charge in [0.25, 0.3) is 0 Å². The van der Waals surface area contributed by atoms with E-state index in [2.05, 4.69) is 5.32 Å². The lowest BCUT2D eigenvalue weighted by Gasteiger charge is -2.21.